The van der Waals surface area contributed by atoms with Gasteiger partial charge in [-0.3, -0.25) is 0 Å². The van der Waals surface area contributed by atoms with Gasteiger partial charge in [0.15, 0.2) is 11.6 Å². The SMILES string of the molecule is COc1cccc(CC(N)c2c(F)cc(Br)cc2F)c1F. The van der Waals surface area contributed by atoms with Crippen LogP contribution in [0.5, 0.6) is 5.75 Å². The van der Waals surface area contributed by atoms with Gasteiger partial charge in [0.2, 0.25) is 0 Å². The third-order valence-electron chi connectivity index (χ3n) is 3.12. The first kappa shape index (κ1) is 15.9. The van der Waals surface area contributed by atoms with Crippen LogP contribution in [0.25, 0.3) is 0 Å². The molecule has 0 aliphatic heterocycles. The Balaban J connectivity index is 2.33. The number of methoxy groups -OCH3 is 1. The zero-order chi connectivity index (χ0) is 15.6. The van der Waals surface area contributed by atoms with Gasteiger partial charge >= 0.3 is 0 Å². The Labute approximate surface area is 128 Å². The van der Waals surface area contributed by atoms with Gasteiger partial charge in [0.25, 0.3) is 0 Å². The van der Waals surface area contributed by atoms with Crippen LogP contribution < -0.4 is 10.5 Å². The first-order valence-electron chi connectivity index (χ1n) is 6.15. The van der Waals surface area contributed by atoms with Gasteiger partial charge in [0.1, 0.15) is 11.6 Å². The van der Waals surface area contributed by atoms with Gasteiger partial charge in [0.05, 0.1) is 7.11 Å². The van der Waals surface area contributed by atoms with Crippen molar-refractivity contribution < 1.29 is 17.9 Å². The quantitative estimate of drug-likeness (QED) is 0.891. The summed E-state index contributed by atoms with van der Waals surface area (Å²) < 4.78 is 46.9. The minimum absolute atomic E-state index is 0.0431. The van der Waals surface area contributed by atoms with Gasteiger partial charge in [-0.05, 0) is 30.2 Å². The largest absolute Gasteiger partial charge is 0.494 e. The molecular weight excluding hydrogens is 347 g/mol. The molecule has 0 heterocycles. The van der Waals surface area contributed by atoms with Crippen LogP contribution >= 0.6 is 15.9 Å². The summed E-state index contributed by atoms with van der Waals surface area (Å²) in [6.45, 7) is 0. The van der Waals surface area contributed by atoms with E-state index in [4.69, 9.17) is 10.5 Å². The molecule has 112 valence electrons. The van der Waals surface area contributed by atoms with E-state index in [0.29, 0.717) is 0 Å². The Morgan fingerprint density at radius 2 is 1.81 bits per heavy atom. The van der Waals surface area contributed by atoms with Crippen LogP contribution in [0.3, 0.4) is 0 Å². The molecule has 1 atom stereocenters. The van der Waals surface area contributed by atoms with Crippen molar-refractivity contribution in [2.24, 2.45) is 5.73 Å². The van der Waals surface area contributed by atoms with E-state index in [1.807, 2.05) is 0 Å². The van der Waals surface area contributed by atoms with E-state index in [1.54, 1.807) is 6.07 Å². The molecule has 2 rings (SSSR count). The van der Waals surface area contributed by atoms with Crippen molar-refractivity contribution in [1.82, 2.24) is 0 Å². The highest BCUT2D eigenvalue weighted by Crippen LogP contribution is 2.28. The van der Waals surface area contributed by atoms with E-state index in [0.717, 1.165) is 12.1 Å². The summed E-state index contributed by atoms with van der Waals surface area (Å²) in [7, 11) is 1.34. The summed E-state index contributed by atoms with van der Waals surface area (Å²) in [5, 5.41) is 0. The Morgan fingerprint density at radius 3 is 2.38 bits per heavy atom. The lowest BCUT2D eigenvalue weighted by Gasteiger charge is -2.15. The van der Waals surface area contributed by atoms with Gasteiger partial charge in [0, 0.05) is 16.1 Å². The molecule has 0 fully saturated rings. The second-order valence-electron chi connectivity index (χ2n) is 4.53. The zero-order valence-electron chi connectivity index (χ0n) is 11.2. The number of benzene rings is 2. The fourth-order valence-corrected chi connectivity index (χ4v) is 2.52. The number of hydrogen-bond acceptors (Lipinski definition) is 2. The maximum Gasteiger partial charge on any atom is 0.168 e. The lowest BCUT2D eigenvalue weighted by atomic mass is 9.98. The maximum atomic E-state index is 14.0. The Hall–Kier alpha value is -1.53. The first-order valence-corrected chi connectivity index (χ1v) is 6.94. The molecule has 2 nitrogen and oxygen atoms in total. The predicted octanol–water partition coefficient (Wildman–Crippen LogP) is 4.12. The van der Waals surface area contributed by atoms with Crippen LogP contribution in [0.2, 0.25) is 0 Å². The maximum absolute atomic E-state index is 14.0. The van der Waals surface area contributed by atoms with Crippen molar-refractivity contribution in [1.29, 1.82) is 0 Å². The molecule has 6 heteroatoms. The van der Waals surface area contributed by atoms with Gasteiger partial charge in [-0.2, -0.15) is 0 Å². The average molecular weight is 360 g/mol. The molecular formula is C15H13BrF3NO. The van der Waals surface area contributed by atoms with Crippen LogP contribution in [0.1, 0.15) is 17.2 Å². The molecule has 2 aromatic rings. The van der Waals surface area contributed by atoms with Crippen molar-refractivity contribution >= 4 is 15.9 Å². The fraction of sp³-hybridized carbons (Fsp3) is 0.200. The van der Waals surface area contributed by atoms with Crippen LogP contribution in [-0.4, -0.2) is 7.11 Å². The summed E-state index contributed by atoms with van der Waals surface area (Å²) in [6.07, 6.45) is -0.0431. The normalized spacial score (nSPS) is 12.3. The fourth-order valence-electron chi connectivity index (χ4n) is 2.12. The van der Waals surface area contributed by atoms with Crippen LogP contribution in [0.4, 0.5) is 13.2 Å². The highest BCUT2D eigenvalue weighted by molar-refractivity contribution is 9.10. The minimum atomic E-state index is -1.00. The first-order chi connectivity index (χ1) is 9.93. The number of nitrogens with two attached hydrogens (primary N) is 1. The highest BCUT2D eigenvalue weighted by atomic mass is 79.9. The molecule has 0 bridgehead atoms. The van der Waals surface area contributed by atoms with Crippen LogP contribution in [-0.2, 0) is 6.42 Å². The second-order valence-corrected chi connectivity index (χ2v) is 5.44. The smallest absolute Gasteiger partial charge is 0.168 e. The number of rotatable bonds is 4. The van der Waals surface area contributed by atoms with Crippen molar-refractivity contribution in [2.45, 2.75) is 12.5 Å². The number of halogens is 4. The molecule has 0 aliphatic carbocycles. The van der Waals surface area contributed by atoms with Gasteiger partial charge in [-0.15, -0.1) is 0 Å². The number of hydrogen-bond donors (Lipinski definition) is 1. The van der Waals surface area contributed by atoms with E-state index in [-0.39, 0.29) is 27.8 Å². The molecule has 0 amide bonds. The molecule has 0 aliphatic rings. The van der Waals surface area contributed by atoms with E-state index >= 15 is 0 Å². The summed E-state index contributed by atoms with van der Waals surface area (Å²) in [5.41, 5.74) is 5.81. The summed E-state index contributed by atoms with van der Waals surface area (Å²) in [5.74, 6) is -2.04. The monoisotopic (exact) mass is 359 g/mol. The second kappa shape index (κ2) is 6.49. The molecule has 2 aromatic carbocycles. The molecule has 0 spiro atoms. The highest BCUT2D eigenvalue weighted by Gasteiger charge is 2.20. The van der Waals surface area contributed by atoms with Gasteiger partial charge in [-0.25, -0.2) is 13.2 Å². The molecule has 0 saturated carbocycles. The third-order valence-corrected chi connectivity index (χ3v) is 3.58. The Kier molecular flexibility index (Phi) is 4.90. The van der Waals surface area contributed by atoms with Crippen LogP contribution in [0, 0.1) is 17.5 Å². The molecule has 0 aromatic heterocycles. The lowest BCUT2D eigenvalue weighted by Crippen LogP contribution is -2.17. The third kappa shape index (κ3) is 3.39. The van der Waals surface area contributed by atoms with Crippen molar-refractivity contribution in [3.8, 4) is 5.75 Å². The molecule has 0 saturated heterocycles. The standard InChI is InChI=1S/C15H13BrF3NO/c1-21-13-4-2-3-8(15(13)19)5-12(20)14-10(17)6-9(16)7-11(14)18/h2-4,6-7,12H,5,20H2,1H3. The predicted molar refractivity (Wildman–Crippen MR) is 77.6 cm³/mol. The van der Waals surface area contributed by atoms with Crippen molar-refractivity contribution in [2.75, 3.05) is 7.11 Å². The van der Waals surface area contributed by atoms with E-state index in [1.165, 1.54) is 19.2 Å². The summed E-state index contributed by atoms with van der Waals surface area (Å²) in [6, 6.07) is 5.82. The van der Waals surface area contributed by atoms with Crippen LogP contribution in [0.15, 0.2) is 34.8 Å². The van der Waals surface area contributed by atoms with E-state index < -0.39 is 23.5 Å². The lowest BCUT2D eigenvalue weighted by molar-refractivity contribution is 0.383. The topological polar surface area (TPSA) is 35.2 Å². The van der Waals surface area contributed by atoms with Gasteiger partial charge < -0.3 is 10.5 Å². The Bertz CT molecular complexity index is 640. The van der Waals surface area contributed by atoms with E-state index in [9.17, 15) is 13.2 Å². The average Bonchev–Trinajstić information content (AvgIpc) is 2.40. The summed E-state index contributed by atoms with van der Waals surface area (Å²) >= 11 is 3.00. The molecule has 1 unspecified atom stereocenters. The summed E-state index contributed by atoms with van der Waals surface area (Å²) in [4.78, 5) is 0. The van der Waals surface area contributed by atoms with Gasteiger partial charge in [-0.1, -0.05) is 28.1 Å². The van der Waals surface area contributed by atoms with Crippen molar-refractivity contribution in [3.63, 3.8) is 0 Å². The number of ether oxygens (including phenoxy) is 1. The molecule has 21 heavy (non-hydrogen) atoms. The Morgan fingerprint density at radius 1 is 1.19 bits per heavy atom. The van der Waals surface area contributed by atoms with Crippen molar-refractivity contribution in [3.05, 3.63) is 63.4 Å². The molecule has 0 radical (unpaired) electrons. The van der Waals surface area contributed by atoms with E-state index in [2.05, 4.69) is 15.9 Å². The molecule has 2 N–H and O–H groups in total. The zero-order valence-corrected chi connectivity index (χ0v) is 12.8. The minimum Gasteiger partial charge on any atom is -0.494 e.